The Kier molecular flexibility index (Phi) is 48.5. The molecule has 0 fully saturated rings. The van der Waals surface area contributed by atoms with E-state index in [0.717, 1.165) is 0 Å². The summed E-state index contributed by atoms with van der Waals surface area (Å²) in [6.45, 7) is 0. The first-order valence-corrected chi connectivity index (χ1v) is 5.61. The molecule has 0 aromatic rings. The van der Waals surface area contributed by atoms with Crippen LogP contribution in [0.2, 0.25) is 0 Å². The van der Waals surface area contributed by atoms with Gasteiger partial charge in [-0.05, 0) is 0 Å². The molecule has 0 spiro atoms. The first-order valence-electron chi connectivity index (χ1n) is 1.87. The summed E-state index contributed by atoms with van der Waals surface area (Å²) in [5, 5.41) is 0. The van der Waals surface area contributed by atoms with Crippen LogP contribution in [0.5, 0.6) is 0 Å². The SMILES string of the molecule is O=P([O-])([O-])[O-].O=P([O-])([O-])[O-].O=[Si]=O.[Ca+2].[Ca+2].[Ca+2]. The number of rotatable bonds is 0. The third-order valence-corrected chi connectivity index (χ3v) is 0. The minimum absolute atomic E-state index is 0. The van der Waals surface area contributed by atoms with E-state index in [2.05, 4.69) is 0 Å². The number of phosphoric acid groups is 2. The Labute approximate surface area is 182 Å². The van der Waals surface area contributed by atoms with E-state index < -0.39 is 24.9 Å². The van der Waals surface area contributed by atoms with Crippen molar-refractivity contribution in [2.24, 2.45) is 0 Å². The van der Waals surface area contributed by atoms with Gasteiger partial charge in [0.25, 0.3) is 0 Å². The molecule has 0 heterocycles. The van der Waals surface area contributed by atoms with E-state index in [0.29, 0.717) is 0 Å². The van der Waals surface area contributed by atoms with E-state index in [4.69, 9.17) is 47.4 Å². The normalized spacial score (nSPS) is 7.88. The Morgan fingerprint density at radius 2 is 0.625 bits per heavy atom. The van der Waals surface area contributed by atoms with Crippen molar-refractivity contribution in [1.29, 1.82) is 0 Å². The van der Waals surface area contributed by atoms with Crippen molar-refractivity contribution in [2.45, 2.75) is 0 Å². The quantitative estimate of drug-likeness (QED) is 0.290. The second kappa shape index (κ2) is 21.1. The van der Waals surface area contributed by atoms with E-state index in [9.17, 15) is 0 Å². The molecule has 0 saturated heterocycles. The number of hydrogen-bond donors (Lipinski definition) is 0. The van der Waals surface area contributed by atoms with Crippen LogP contribution in [0, 0.1) is 0 Å². The average molecular weight is 370 g/mol. The molecule has 0 radical (unpaired) electrons. The molecule has 16 heteroatoms. The van der Waals surface area contributed by atoms with Crippen LogP contribution in [0.25, 0.3) is 0 Å². The summed E-state index contributed by atoms with van der Waals surface area (Å²) in [5.41, 5.74) is 0. The second-order valence-corrected chi connectivity index (χ2v) is 2.93. The summed E-state index contributed by atoms with van der Waals surface area (Å²) in [4.78, 5) is 51.3. The van der Waals surface area contributed by atoms with Gasteiger partial charge in [0.05, 0.1) is 0 Å². The van der Waals surface area contributed by atoms with E-state index in [1.165, 1.54) is 0 Å². The van der Waals surface area contributed by atoms with Gasteiger partial charge >= 0.3 is 123 Å². The predicted octanol–water partition coefficient (Wildman–Crippen LogP) is -7.41. The van der Waals surface area contributed by atoms with Gasteiger partial charge in [0.1, 0.15) is 0 Å². The van der Waals surface area contributed by atoms with Crippen LogP contribution in [-0.2, 0) is 18.1 Å². The molecule has 0 bridgehead atoms. The maximum Gasteiger partial charge on any atom is 2.00 e. The van der Waals surface area contributed by atoms with Gasteiger partial charge in [-0.3, -0.25) is 8.92 Å². The Balaban J connectivity index is -0.0000000220. The third-order valence-electron chi connectivity index (χ3n) is 0. The second-order valence-electron chi connectivity index (χ2n) is 0.978. The fraction of sp³-hybridized carbons (Fsp3) is 0. The smallest absolute Gasteiger partial charge is 0.822 e. The Morgan fingerprint density at radius 3 is 0.625 bits per heavy atom. The van der Waals surface area contributed by atoms with Crippen LogP contribution in [0.3, 0.4) is 0 Å². The van der Waals surface area contributed by atoms with Crippen molar-refractivity contribution in [3.63, 3.8) is 0 Å². The molecule has 0 aromatic carbocycles. The first-order chi connectivity index (χ1) is 5.41. The van der Waals surface area contributed by atoms with Gasteiger partial charge < -0.3 is 38.5 Å². The summed E-state index contributed by atoms with van der Waals surface area (Å²) < 4.78 is 33.9. The van der Waals surface area contributed by atoms with E-state index in [1.807, 2.05) is 0 Å². The van der Waals surface area contributed by atoms with Crippen LogP contribution in [0.15, 0.2) is 0 Å². The van der Waals surface area contributed by atoms with Crippen molar-refractivity contribution in [3.8, 4) is 0 Å². The Bertz CT molecular complexity index is 198. The van der Waals surface area contributed by atoms with Crippen molar-refractivity contribution in [3.05, 3.63) is 0 Å². The summed E-state index contributed by atoms with van der Waals surface area (Å²) in [5.74, 6) is 0. The summed E-state index contributed by atoms with van der Waals surface area (Å²) in [6.07, 6.45) is 0. The Hall–Kier alpha value is 3.82. The van der Waals surface area contributed by atoms with Crippen molar-refractivity contribution < 1.29 is 47.4 Å². The van der Waals surface area contributed by atoms with Crippen LogP contribution >= 0.6 is 15.6 Å². The standard InChI is InChI=1S/3Ca.2H3O4P.O2Si/c;;;2*1-5(2,3)4;1-3-2/h;;;2*(H3,1,2,3,4);/q3*+2;;;/p-6. The van der Waals surface area contributed by atoms with Gasteiger partial charge in [0, 0.05) is 0 Å². The van der Waals surface area contributed by atoms with Crippen molar-refractivity contribution >= 4 is 138 Å². The van der Waals surface area contributed by atoms with Crippen molar-refractivity contribution in [2.75, 3.05) is 0 Å². The molecule has 0 aliphatic carbocycles. The topological polar surface area (TPSA) is 207 Å². The zero-order chi connectivity index (χ0) is 11.7. The van der Waals surface area contributed by atoms with Crippen LogP contribution in [-0.4, -0.2) is 123 Å². The van der Waals surface area contributed by atoms with Gasteiger partial charge in [0.15, 0.2) is 0 Å². The van der Waals surface area contributed by atoms with E-state index >= 15 is 0 Å². The third kappa shape index (κ3) is 346. The predicted molar refractivity (Wildman–Crippen MR) is 39.6 cm³/mol. The molecular weight excluding hydrogens is 370 g/mol. The largest absolute Gasteiger partial charge is 2.00 e. The molecule has 0 aliphatic rings. The molecule has 16 heavy (non-hydrogen) atoms. The van der Waals surface area contributed by atoms with Gasteiger partial charge in [-0.15, -0.1) is 0 Å². The monoisotopic (exact) mass is 370 g/mol. The fourth-order valence-electron chi connectivity index (χ4n) is 0. The maximum absolute atomic E-state index is 8.55. The fourth-order valence-corrected chi connectivity index (χ4v) is 0. The van der Waals surface area contributed by atoms with Crippen LogP contribution in [0.1, 0.15) is 0 Å². The molecule has 80 valence electrons. The summed E-state index contributed by atoms with van der Waals surface area (Å²) in [7, 11) is -12.2. The van der Waals surface area contributed by atoms with Gasteiger partial charge in [-0.25, -0.2) is 0 Å². The molecule has 0 atom stereocenters. The molecular formula is Ca3O10P2Si. The molecule has 0 aromatic heterocycles. The van der Waals surface area contributed by atoms with Crippen molar-refractivity contribution in [1.82, 2.24) is 0 Å². The molecule has 0 unspecified atom stereocenters. The van der Waals surface area contributed by atoms with Crippen LogP contribution in [0.4, 0.5) is 0 Å². The van der Waals surface area contributed by atoms with E-state index in [-0.39, 0.29) is 113 Å². The molecule has 0 saturated carbocycles. The van der Waals surface area contributed by atoms with Gasteiger partial charge in [-0.1, -0.05) is 0 Å². The maximum atomic E-state index is 8.55. The minimum atomic E-state index is -5.39. The molecule has 0 N–H and O–H groups in total. The van der Waals surface area contributed by atoms with Gasteiger partial charge in [0.2, 0.25) is 0 Å². The summed E-state index contributed by atoms with van der Waals surface area (Å²) in [6, 6.07) is 0. The van der Waals surface area contributed by atoms with Crippen LogP contribution < -0.4 is 29.4 Å². The molecule has 10 nitrogen and oxygen atoms in total. The Morgan fingerprint density at radius 1 is 0.625 bits per heavy atom. The number of hydrogen-bond acceptors (Lipinski definition) is 10. The van der Waals surface area contributed by atoms with Gasteiger partial charge in [-0.2, -0.15) is 15.6 Å². The molecule has 0 amide bonds. The molecule has 0 rings (SSSR count). The average Bonchev–Trinajstić information content (AvgIpc) is 1.52. The molecule has 0 aliphatic heterocycles. The van der Waals surface area contributed by atoms with E-state index in [1.54, 1.807) is 0 Å². The summed E-state index contributed by atoms with van der Waals surface area (Å²) >= 11 is 0. The minimum Gasteiger partial charge on any atom is -0.822 e. The first kappa shape index (κ1) is 36.8. The zero-order valence-electron chi connectivity index (χ0n) is 7.60. The zero-order valence-corrected chi connectivity index (χ0v) is 17.0.